The highest BCUT2D eigenvalue weighted by Gasteiger charge is 2.20. The summed E-state index contributed by atoms with van der Waals surface area (Å²) < 4.78 is 1.77. The van der Waals surface area contributed by atoms with E-state index in [1.165, 1.54) is 0 Å². The molecule has 0 amide bonds. The lowest BCUT2D eigenvalue weighted by molar-refractivity contribution is 0.529. The van der Waals surface area contributed by atoms with Gasteiger partial charge in [0.25, 0.3) is 5.56 Å². The van der Waals surface area contributed by atoms with E-state index in [9.17, 15) is 4.79 Å². The second-order valence-electron chi connectivity index (χ2n) is 5.37. The third-order valence-corrected chi connectivity index (χ3v) is 4.88. The number of pyridine rings is 1. The van der Waals surface area contributed by atoms with Gasteiger partial charge in [0.2, 0.25) is 0 Å². The molecule has 0 bridgehead atoms. The summed E-state index contributed by atoms with van der Waals surface area (Å²) in [5, 5.41) is 1.01. The second-order valence-corrected chi connectivity index (χ2v) is 6.16. The molecule has 1 unspecified atom stereocenters. The summed E-state index contributed by atoms with van der Waals surface area (Å²) in [5.74, 6) is 0. The van der Waals surface area contributed by atoms with Gasteiger partial charge in [-0.3, -0.25) is 4.79 Å². The van der Waals surface area contributed by atoms with E-state index in [2.05, 4.69) is 0 Å². The molecule has 1 heterocycles. The smallest absolute Gasteiger partial charge is 0.251 e. The molecule has 3 rings (SSSR count). The number of rotatable bonds is 2. The Balaban J connectivity index is 2.09. The van der Waals surface area contributed by atoms with Crippen molar-refractivity contribution in [3.63, 3.8) is 0 Å². The molecule has 3 nitrogen and oxygen atoms in total. The Morgan fingerprint density at radius 1 is 1.24 bits per heavy atom. The lowest BCUT2D eigenvalue weighted by Gasteiger charge is -2.25. The number of aromatic nitrogens is 1. The lowest BCUT2D eigenvalue weighted by atomic mass is 9.91. The minimum Gasteiger partial charge on any atom is -0.324 e. The van der Waals surface area contributed by atoms with Crippen molar-refractivity contribution in [2.24, 2.45) is 5.73 Å². The molecule has 2 aromatic rings. The number of benzene rings is 1. The maximum absolute atomic E-state index is 12.2. The Bertz CT molecular complexity index is 740. The first-order valence-corrected chi connectivity index (χ1v) is 7.74. The van der Waals surface area contributed by atoms with E-state index in [-0.39, 0.29) is 11.6 Å². The fourth-order valence-corrected chi connectivity index (χ4v) is 3.29. The van der Waals surface area contributed by atoms with E-state index in [0.29, 0.717) is 16.6 Å². The molecule has 110 valence electrons. The fraction of sp³-hybridized carbons (Fsp3) is 0.312. The third kappa shape index (κ3) is 2.73. The summed E-state index contributed by atoms with van der Waals surface area (Å²) in [6, 6.07) is 8.93. The van der Waals surface area contributed by atoms with Crippen LogP contribution in [0.2, 0.25) is 10.0 Å². The number of halogens is 2. The predicted octanol–water partition coefficient (Wildman–Crippen LogP) is 3.54. The molecule has 1 aromatic carbocycles. The minimum atomic E-state index is -0.0288. The zero-order chi connectivity index (χ0) is 15.0. The molecular weight excluding hydrogens is 307 g/mol. The molecule has 21 heavy (non-hydrogen) atoms. The van der Waals surface area contributed by atoms with E-state index >= 15 is 0 Å². The molecule has 0 saturated carbocycles. The van der Waals surface area contributed by atoms with Crippen molar-refractivity contribution in [3.05, 3.63) is 67.6 Å². The van der Waals surface area contributed by atoms with E-state index in [4.69, 9.17) is 28.9 Å². The van der Waals surface area contributed by atoms with Gasteiger partial charge >= 0.3 is 0 Å². The molecule has 5 heteroatoms. The molecule has 0 saturated heterocycles. The molecule has 0 aliphatic heterocycles. The van der Waals surface area contributed by atoms with Gasteiger partial charge in [-0.05, 0) is 36.5 Å². The Labute approximate surface area is 133 Å². The van der Waals surface area contributed by atoms with Crippen LogP contribution < -0.4 is 11.3 Å². The van der Waals surface area contributed by atoms with Gasteiger partial charge in [-0.2, -0.15) is 0 Å². The van der Waals surface area contributed by atoms with Gasteiger partial charge in [0, 0.05) is 17.8 Å². The number of nitrogens with zero attached hydrogens (tertiary/aromatic N) is 1. The van der Waals surface area contributed by atoms with Gasteiger partial charge in [0.1, 0.15) is 0 Å². The van der Waals surface area contributed by atoms with Crippen molar-refractivity contribution in [1.82, 2.24) is 4.57 Å². The van der Waals surface area contributed by atoms with Crippen molar-refractivity contribution in [1.29, 1.82) is 0 Å². The highest BCUT2D eigenvalue weighted by molar-refractivity contribution is 6.42. The van der Waals surface area contributed by atoms with Gasteiger partial charge in [0.05, 0.1) is 16.6 Å². The van der Waals surface area contributed by atoms with Crippen molar-refractivity contribution in [3.8, 4) is 0 Å². The number of hydrogen-bond acceptors (Lipinski definition) is 2. The topological polar surface area (TPSA) is 48.0 Å². The Kier molecular flexibility index (Phi) is 4.07. The van der Waals surface area contributed by atoms with E-state index in [0.717, 1.165) is 36.1 Å². The van der Waals surface area contributed by atoms with Crippen LogP contribution in [0.3, 0.4) is 0 Å². The maximum Gasteiger partial charge on any atom is 0.251 e. The summed E-state index contributed by atoms with van der Waals surface area (Å²) in [6.07, 6.45) is 2.83. The quantitative estimate of drug-likeness (QED) is 0.919. The molecule has 1 aromatic heterocycles. The van der Waals surface area contributed by atoms with Crippen LogP contribution in [0.5, 0.6) is 0 Å². The molecule has 1 atom stereocenters. The van der Waals surface area contributed by atoms with E-state index < -0.39 is 0 Å². The number of hydrogen-bond donors (Lipinski definition) is 1. The van der Waals surface area contributed by atoms with Crippen molar-refractivity contribution in [2.45, 2.75) is 31.8 Å². The van der Waals surface area contributed by atoms with E-state index in [1.807, 2.05) is 18.2 Å². The zero-order valence-corrected chi connectivity index (χ0v) is 13.0. The van der Waals surface area contributed by atoms with Crippen LogP contribution in [0.15, 0.2) is 35.1 Å². The summed E-state index contributed by atoms with van der Waals surface area (Å²) in [7, 11) is 0. The number of nitrogens with two attached hydrogens (primary N) is 1. The van der Waals surface area contributed by atoms with Crippen LogP contribution >= 0.6 is 23.2 Å². The van der Waals surface area contributed by atoms with Gasteiger partial charge < -0.3 is 10.3 Å². The van der Waals surface area contributed by atoms with Crippen LogP contribution in [0, 0.1) is 0 Å². The van der Waals surface area contributed by atoms with Crippen LogP contribution in [0.25, 0.3) is 0 Å². The lowest BCUT2D eigenvalue weighted by Crippen LogP contribution is -2.29. The first-order chi connectivity index (χ1) is 10.1. The standard InChI is InChI=1S/C16H16Cl2N2O/c17-12-4-1-3-10(16(12)18)9-20-14-6-2-5-13(19)11(14)7-8-15(20)21/h1,3-4,7-8,13H,2,5-6,9,19H2. The average molecular weight is 323 g/mol. The molecule has 2 N–H and O–H groups in total. The average Bonchev–Trinajstić information content (AvgIpc) is 2.47. The first kappa shape index (κ1) is 14.6. The third-order valence-electron chi connectivity index (χ3n) is 4.02. The van der Waals surface area contributed by atoms with Gasteiger partial charge in [-0.1, -0.05) is 41.4 Å². The molecule has 1 aliphatic carbocycles. The van der Waals surface area contributed by atoms with Crippen molar-refractivity contribution < 1.29 is 0 Å². The first-order valence-electron chi connectivity index (χ1n) is 6.99. The minimum absolute atomic E-state index is 0.00966. The van der Waals surface area contributed by atoms with E-state index in [1.54, 1.807) is 16.7 Å². The van der Waals surface area contributed by atoms with Crippen molar-refractivity contribution >= 4 is 23.2 Å². The summed E-state index contributed by atoms with van der Waals surface area (Å²) in [5.41, 5.74) is 9.06. The molecule has 1 aliphatic rings. The molecule has 0 radical (unpaired) electrons. The predicted molar refractivity (Wildman–Crippen MR) is 86.1 cm³/mol. The number of fused-ring (bicyclic) bond motifs is 1. The highest BCUT2D eigenvalue weighted by atomic mass is 35.5. The van der Waals surface area contributed by atoms with Gasteiger partial charge in [-0.25, -0.2) is 0 Å². The van der Waals surface area contributed by atoms with Crippen LogP contribution in [-0.4, -0.2) is 4.57 Å². The van der Waals surface area contributed by atoms with Gasteiger partial charge in [0.15, 0.2) is 0 Å². The van der Waals surface area contributed by atoms with Crippen molar-refractivity contribution in [2.75, 3.05) is 0 Å². The van der Waals surface area contributed by atoms with Crippen LogP contribution in [0.4, 0.5) is 0 Å². The largest absolute Gasteiger partial charge is 0.324 e. The molecule has 0 fully saturated rings. The monoisotopic (exact) mass is 322 g/mol. The fourth-order valence-electron chi connectivity index (χ4n) is 2.91. The Hall–Kier alpha value is -1.29. The Morgan fingerprint density at radius 3 is 2.86 bits per heavy atom. The molecular formula is C16H16Cl2N2O. The van der Waals surface area contributed by atoms with Crippen LogP contribution in [-0.2, 0) is 13.0 Å². The summed E-state index contributed by atoms with van der Waals surface area (Å²) in [6.45, 7) is 0.425. The van der Waals surface area contributed by atoms with Crippen LogP contribution in [0.1, 0.15) is 35.7 Å². The maximum atomic E-state index is 12.2. The highest BCUT2D eigenvalue weighted by Crippen LogP contribution is 2.29. The normalized spacial score (nSPS) is 17.6. The Morgan fingerprint density at radius 2 is 2.05 bits per heavy atom. The summed E-state index contributed by atoms with van der Waals surface area (Å²) >= 11 is 12.3. The SMILES string of the molecule is NC1CCCc2c1ccc(=O)n2Cc1cccc(Cl)c1Cl. The molecule has 0 spiro atoms. The zero-order valence-electron chi connectivity index (χ0n) is 11.5. The van der Waals surface area contributed by atoms with Gasteiger partial charge in [-0.15, -0.1) is 0 Å². The summed E-state index contributed by atoms with van der Waals surface area (Å²) in [4.78, 5) is 12.2. The second kappa shape index (κ2) is 5.84.